The molecule has 2 aromatic rings. The largest absolute Gasteiger partial charge is 0.497 e. The highest BCUT2D eigenvalue weighted by molar-refractivity contribution is 6.62. The molecule has 0 bridgehead atoms. The topological polar surface area (TPSA) is 49.4 Å². The summed E-state index contributed by atoms with van der Waals surface area (Å²) in [5.74, 6) is -0.690. The standard InChI is InChI=1S/C21H29BF4N2O2/c1-18(2,3)11-28-10-13(17(27)21(24,25)26)12-8-15(23)14(9-16(12)28)22-29-19(4,5)20(6,7)30-22/h8-10,17H,11,27H2,1-7H3/t17-/m1/s1. The first kappa shape index (κ1) is 23.1. The third-order valence-corrected chi connectivity index (χ3v) is 5.87. The van der Waals surface area contributed by atoms with E-state index in [9.17, 15) is 13.2 Å². The Kier molecular flexibility index (Phi) is 5.36. The number of rotatable bonds is 3. The molecule has 1 aromatic carbocycles. The molecule has 30 heavy (non-hydrogen) atoms. The number of hydrogen-bond donors (Lipinski definition) is 1. The summed E-state index contributed by atoms with van der Waals surface area (Å²) < 4.78 is 68.7. The molecule has 166 valence electrons. The van der Waals surface area contributed by atoms with Crippen molar-refractivity contribution in [2.45, 2.75) is 78.4 Å². The van der Waals surface area contributed by atoms with Crippen LogP contribution >= 0.6 is 0 Å². The predicted molar refractivity (Wildman–Crippen MR) is 110 cm³/mol. The third kappa shape index (κ3) is 4.12. The fraction of sp³-hybridized carbons (Fsp3) is 0.619. The van der Waals surface area contributed by atoms with Crippen molar-refractivity contribution in [3.05, 3.63) is 29.7 Å². The Morgan fingerprint density at radius 1 is 1.07 bits per heavy atom. The van der Waals surface area contributed by atoms with Crippen molar-refractivity contribution in [1.29, 1.82) is 0 Å². The van der Waals surface area contributed by atoms with Gasteiger partial charge in [-0.3, -0.25) is 0 Å². The molecule has 0 radical (unpaired) electrons. The Hall–Kier alpha value is -1.58. The molecule has 1 atom stereocenters. The number of alkyl halides is 3. The second-order valence-electron chi connectivity index (χ2n) is 10.3. The van der Waals surface area contributed by atoms with Crippen molar-refractivity contribution in [3.63, 3.8) is 0 Å². The Morgan fingerprint density at radius 2 is 1.60 bits per heavy atom. The van der Waals surface area contributed by atoms with Crippen molar-refractivity contribution in [2.75, 3.05) is 0 Å². The molecule has 1 aliphatic rings. The van der Waals surface area contributed by atoms with Crippen molar-refractivity contribution in [1.82, 2.24) is 4.57 Å². The van der Waals surface area contributed by atoms with Gasteiger partial charge in [0, 0.05) is 34.7 Å². The molecule has 2 heterocycles. The van der Waals surface area contributed by atoms with Gasteiger partial charge in [0.25, 0.3) is 0 Å². The van der Waals surface area contributed by atoms with Crippen LogP contribution in [0.1, 0.15) is 60.1 Å². The SMILES string of the molecule is CC(C)(C)Cn1cc([C@@H](N)C(F)(F)F)c2cc(F)c(B3OC(C)(C)C(C)(C)O3)cc21. The monoisotopic (exact) mass is 428 g/mol. The first-order valence-corrected chi connectivity index (χ1v) is 9.93. The van der Waals surface area contributed by atoms with Crippen LogP contribution in [0.4, 0.5) is 17.6 Å². The summed E-state index contributed by atoms with van der Waals surface area (Å²) >= 11 is 0. The molecule has 0 amide bonds. The van der Waals surface area contributed by atoms with Gasteiger partial charge in [-0.1, -0.05) is 20.8 Å². The Morgan fingerprint density at radius 3 is 2.07 bits per heavy atom. The summed E-state index contributed by atoms with van der Waals surface area (Å²) in [6, 6.07) is 0.421. The van der Waals surface area contributed by atoms with Gasteiger partial charge < -0.3 is 19.6 Å². The molecular weight excluding hydrogens is 399 g/mol. The van der Waals surface area contributed by atoms with Gasteiger partial charge in [0.05, 0.1) is 11.2 Å². The van der Waals surface area contributed by atoms with Gasteiger partial charge in [-0.2, -0.15) is 13.2 Å². The van der Waals surface area contributed by atoms with Gasteiger partial charge in [0.15, 0.2) is 0 Å². The molecule has 9 heteroatoms. The zero-order chi connectivity index (χ0) is 22.9. The second-order valence-corrected chi connectivity index (χ2v) is 10.3. The fourth-order valence-corrected chi connectivity index (χ4v) is 3.57. The number of nitrogens with zero attached hydrogens (tertiary/aromatic N) is 1. The number of halogens is 4. The summed E-state index contributed by atoms with van der Waals surface area (Å²) in [5, 5.41) is 0.141. The van der Waals surface area contributed by atoms with Crippen LogP contribution in [0, 0.1) is 11.2 Å². The van der Waals surface area contributed by atoms with Crippen LogP contribution in [0.25, 0.3) is 10.9 Å². The fourth-order valence-electron chi connectivity index (χ4n) is 3.57. The van der Waals surface area contributed by atoms with E-state index in [1.165, 1.54) is 12.3 Å². The highest BCUT2D eigenvalue weighted by Gasteiger charge is 2.52. The van der Waals surface area contributed by atoms with Crippen molar-refractivity contribution >= 4 is 23.5 Å². The zero-order valence-electron chi connectivity index (χ0n) is 18.4. The van der Waals surface area contributed by atoms with Crippen molar-refractivity contribution in [3.8, 4) is 0 Å². The summed E-state index contributed by atoms with van der Waals surface area (Å²) in [6.07, 6.45) is -3.26. The van der Waals surface area contributed by atoms with E-state index in [1.807, 2.05) is 48.5 Å². The minimum Gasteiger partial charge on any atom is -0.399 e. The van der Waals surface area contributed by atoms with Crippen molar-refractivity contribution < 1.29 is 26.9 Å². The maximum Gasteiger partial charge on any atom is 0.497 e. The first-order chi connectivity index (χ1) is 13.4. The lowest BCUT2D eigenvalue weighted by molar-refractivity contribution is -0.148. The van der Waals surface area contributed by atoms with Crippen molar-refractivity contribution in [2.24, 2.45) is 11.1 Å². The van der Waals surface area contributed by atoms with Crippen LogP contribution in [-0.4, -0.2) is 29.1 Å². The quantitative estimate of drug-likeness (QED) is 0.570. The number of benzene rings is 1. The molecule has 3 rings (SSSR count). The van der Waals surface area contributed by atoms with E-state index in [-0.39, 0.29) is 21.8 Å². The minimum absolute atomic E-state index is 0.141. The molecule has 1 aromatic heterocycles. The normalized spacial score (nSPS) is 20.2. The number of fused-ring (bicyclic) bond motifs is 1. The van der Waals surface area contributed by atoms with Crippen LogP contribution in [0.3, 0.4) is 0 Å². The lowest BCUT2D eigenvalue weighted by Crippen LogP contribution is -2.41. The molecule has 1 aliphatic heterocycles. The smallest absolute Gasteiger partial charge is 0.399 e. The molecular formula is C21H29BF4N2O2. The lowest BCUT2D eigenvalue weighted by Gasteiger charge is -2.32. The molecule has 1 fully saturated rings. The molecule has 2 N–H and O–H groups in total. The average Bonchev–Trinajstić information content (AvgIpc) is 2.97. The maximum absolute atomic E-state index is 15.1. The van der Waals surface area contributed by atoms with E-state index in [2.05, 4.69) is 0 Å². The van der Waals surface area contributed by atoms with E-state index in [4.69, 9.17) is 15.0 Å². The molecule has 0 unspecified atom stereocenters. The van der Waals surface area contributed by atoms with Gasteiger partial charge in [0.1, 0.15) is 11.9 Å². The highest BCUT2D eigenvalue weighted by Crippen LogP contribution is 2.39. The summed E-state index contributed by atoms with van der Waals surface area (Å²) in [7, 11) is -0.961. The number of hydrogen-bond acceptors (Lipinski definition) is 3. The molecule has 4 nitrogen and oxygen atoms in total. The second kappa shape index (κ2) is 6.97. The summed E-state index contributed by atoms with van der Waals surface area (Å²) in [6.45, 7) is 13.8. The van der Waals surface area contributed by atoms with Crippen LogP contribution in [-0.2, 0) is 15.9 Å². The molecule has 0 saturated carbocycles. The van der Waals surface area contributed by atoms with Crippen LogP contribution in [0.5, 0.6) is 0 Å². The zero-order valence-corrected chi connectivity index (χ0v) is 18.4. The third-order valence-electron chi connectivity index (χ3n) is 5.87. The van der Waals surface area contributed by atoms with Crippen LogP contribution in [0.15, 0.2) is 18.3 Å². The van der Waals surface area contributed by atoms with Gasteiger partial charge in [0.2, 0.25) is 0 Å². The lowest BCUT2D eigenvalue weighted by atomic mass is 9.78. The van der Waals surface area contributed by atoms with E-state index >= 15 is 4.39 Å². The van der Waals surface area contributed by atoms with E-state index in [0.717, 1.165) is 6.07 Å². The van der Waals surface area contributed by atoms with E-state index in [1.54, 1.807) is 4.57 Å². The number of nitrogens with two attached hydrogens (primary N) is 1. The molecule has 0 aliphatic carbocycles. The summed E-state index contributed by atoms with van der Waals surface area (Å²) in [4.78, 5) is 0. The van der Waals surface area contributed by atoms with E-state index < -0.39 is 36.4 Å². The Bertz CT molecular complexity index is 945. The Labute approximate surface area is 174 Å². The van der Waals surface area contributed by atoms with E-state index in [0.29, 0.717) is 12.1 Å². The highest BCUT2D eigenvalue weighted by atomic mass is 19.4. The van der Waals surface area contributed by atoms with Crippen LogP contribution in [0.2, 0.25) is 0 Å². The van der Waals surface area contributed by atoms with Gasteiger partial charge in [-0.15, -0.1) is 0 Å². The molecule has 0 spiro atoms. The number of aromatic nitrogens is 1. The average molecular weight is 428 g/mol. The molecule has 1 saturated heterocycles. The maximum atomic E-state index is 15.1. The van der Waals surface area contributed by atoms with Gasteiger partial charge in [-0.25, -0.2) is 4.39 Å². The Balaban J connectivity index is 2.18. The summed E-state index contributed by atoms with van der Waals surface area (Å²) in [5.41, 5.74) is 4.39. The van der Waals surface area contributed by atoms with Gasteiger partial charge in [-0.05, 0) is 45.2 Å². The minimum atomic E-state index is -4.64. The first-order valence-electron chi connectivity index (χ1n) is 9.93. The van der Waals surface area contributed by atoms with Gasteiger partial charge >= 0.3 is 13.3 Å². The predicted octanol–water partition coefficient (Wildman–Crippen LogP) is 4.69. The van der Waals surface area contributed by atoms with Crippen LogP contribution < -0.4 is 11.2 Å².